The van der Waals surface area contributed by atoms with Crippen LogP contribution in [0.25, 0.3) is 0 Å². The van der Waals surface area contributed by atoms with Gasteiger partial charge in [0.1, 0.15) is 6.54 Å². The van der Waals surface area contributed by atoms with Gasteiger partial charge in [-0.15, -0.1) is 0 Å². The summed E-state index contributed by atoms with van der Waals surface area (Å²) in [5.41, 5.74) is -0.247. The molecule has 0 atom stereocenters. The molecule has 1 aliphatic rings. The molecule has 0 saturated carbocycles. The summed E-state index contributed by atoms with van der Waals surface area (Å²) in [6, 6.07) is 3.13. The first kappa shape index (κ1) is 24.6. The van der Waals surface area contributed by atoms with Gasteiger partial charge in [0.25, 0.3) is 11.8 Å². The van der Waals surface area contributed by atoms with Crippen molar-refractivity contribution in [3.63, 3.8) is 0 Å². The second kappa shape index (κ2) is 9.41. The highest BCUT2D eigenvalue weighted by Gasteiger charge is 2.41. The second-order valence-corrected chi connectivity index (χ2v) is 10.5. The third kappa shape index (κ3) is 4.68. The van der Waals surface area contributed by atoms with Crippen LogP contribution in [0.1, 0.15) is 41.4 Å². The maximum atomic E-state index is 12.9. The van der Waals surface area contributed by atoms with Crippen LogP contribution in [0.15, 0.2) is 18.2 Å². The summed E-state index contributed by atoms with van der Waals surface area (Å²) in [6.45, 7) is -0.606. The van der Waals surface area contributed by atoms with E-state index in [0.717, 1.165) is 30.2 Å². The molecular weight excluding hydrogens is 864 g/mol. The molecule has 13 heteroatoms. The van der Waals surface area contributed by atoms with Crippen molar-refractivity contribution in [2.75, 3.05) is 11.9 Å². The molecule has 0 radical (unpaired) electrons. The van der Waals surface area contributed by atoms with Crippen LogP contribution in [0.4, 0.5) is 5.69 Å². The van der Waals surface area contributed by atoms with Gasteiger partial charge in [0, 0.05) is 20.0 Å². The van der Waals surface area contributed by atoms with Crippen LogP contribution >= 0.6 is 90.4 Å². The Kier molecular flexibility index (Phi) is 7.46. The number of hydrogen-bond acceptors (Lipinski definition) is 5. The Balaban J connectivity index is 1.88. The first-order valence-corrected chi connectivity index (χ1v) is 12.4. The van der Waals surface area contributed by atoms with Gasteiger partial charge in [-0.1, -0.05) is 0 Å². The molecule has 160 valence electrons. The average molecular weight is 872 g/mol. The number of benzene rings is 2. The number of aromatic carboxylic acids is 2. The highest BCUT2D eigenvalue weighted by Crippen LogP contribution is 2.37. The minimum Gasteiger partial charge on any atom is -0.478 e. The predicted octanol–water partition coefficient (Wildman–Crippen LogP) is 3.74. The summed E-state index contributed by atoms with van der Waals surface area (Å²) in [5, 5.41) is 20.6. The van der Waals surface area contributed by atoms with E-state index in [1.807, 2.05) is 45.2 Å². The molecule has 1 heterocycles. The van der Waals surface area contributed by atoms with Gasteiger partial charge < -0.3 is 15.5 Å². The molecule has 0 saturated heterocycles. The maximum Gasteiger partial charge on any atom is 0.335 e. The number of fused-ring (bicyclic) bond motifs is 1. The van der Waals surface area contributed by atoms with E-state index in [4.69, 9.17) is 10.2 Å². The molecule has 0 spiro atoms. The maximum absolute atomic E-state index is 12.9. The zero-order valence-corrected chi connectivity index (χ0v) is 23.5. The van der Waals surface area contributed by atoms with Crippen LogP contribution in [-0.4, -0.2) is 51.3 Å². The van der Waals surface area contributed by atoms with E-state index in [1.165, 1.54) is 0 Å². The van der Waals surface area contributed by atoms with Crippen molar-refractivity contribution in [1.29, 1.82) is 0 Å². The molecular formula is C18H8I4N2O7. The molecule has 9 nitrogen and oxygen atoms in total. The number of hydrogen-bond donors (Lipinski definition) is 3. The number of amides is 3. The van der Waals surface area contributed by atoms with Crippen molar-refractivity contribution < 1.29 is 34.2 Å². The Morgan fingerprint density at radius 3 is 1.58 bits per heavy atom. The van der Waals surface area contributed by atoms with E-state index in [2.05, 4.69) is 50.5 Å². The lowest BCUT2D eigenvalue weighted by molar-refractivity contribution is -0.116. The number of imide groups is 1. The summed E-state index contributed by atoms with van der Waals surface area (Å²) < 4.78 is 2.92. The molecule has 0 unspecified atom stereocenters. The average Bonchev–Trinajstić information content (AvgIpc) is 2.95. The van der Waals surface area contributed by atoms with E-state index >= 15 is 0 Å². The Morgan fingerprint density at radius 2 is 1.19 bits per heavy atom. The van der Waals surface area contributed by atoms with Crippen molar-refractivity contribution >= 4 is 126 Å². The molecule has 3 rings (SSSR count). The standard InChI is InChI=1S/C18H8I4N2O7/c19-11-9-10(12(20)14(22)13(11)21)16(27)24(15(9)26)4-8(25)23-7-2-5(17(28)29)1-6(3-7)18(30)31/h1-3H,4H2,(H,23,25)(H,28,29)(H,30,31). The Morgan fingerprint density at radius 1 is 0.774 bits per heavy atom. The lowest BCUT2D eigenvalue weighted by Gasteiger charge is -2.14. The van der Waals surface area contributed by atoms with Crippen LogP contribution in [0.2, 0.25) is 0 Å². The highest BCUT2D eigenvalue weighted by atomic mass is 127. The first-order chi connectivity index (χ1) is 14.4. The lowest BCUT2D eigenvalue weighted by Crippen LogP contribution is -2.37. The van der Waals surface area contributed by atoms with E-state index in [0.29, 0.717) is 7.14 Å². The fourth-order valence-corrected chi connectivity index (χ4v) is 6.48. The fraction of sp³-hybridized carbons (Fsp3) is 0.0556. The van der Waals surface area contributed by atoms with Gasteiger partial charge >= 0.3 is 11.9 Å². The summed E-state index contributed by atoms with van der Waals surface area (Å²) in [4.78, 5) is 61.5. The van der Waals surface area contributed by atoms with Crippen LogP contribution in [0.5, 0.6) is 0 Å². The molecule has 0 fully saturated rings. The van der Waals surface area contributed by atoms with Gasteiger partial charge in [0.2, 0.25) is 5.91 Å². The Bertz CT molecular complexity index is 1130. The number of nitrogens with zero attached hydrogens (tertiary/aromatic N) is 1. The molecule has 0 bridgehead atoms. The summed E-state index contributed by atoms with van der Waals surface area (Å²) in [7, 11) is 0. The zero-order valence-electron chi connectivity index (χ0n) is 14.8. The van der Waals surface area contributed by atoms with Crippen LogP contribution in [-0.2, 0) is 4.79 Å². The minimum absolute atomic E-state index is 0.0767. The van der Waals surface area contributed by atoms with E-state index in [-0.39, 0.29) is 27.9 Å². The fourth-order valence-electron chi connectivity index (χ4n) is 2.83. The van der Waals surface area contributed by atoms with Crippen molar-refractivity contribution in [2.24, 2.45) is 0 Å². The number of nitrogens with one attached hydrogen (secondary N) is 1. The third-order valence-corrected chi connectivity index (χ3v) is 11.6. The Labute approximate surface area is 228 Å². The number of anilines is 1. The first-order valence-electron chi connectivity index (χ1n) is 8.07. The Hall–Kier alpha value is -1.09. The molecule has 0 aliphatic carbocycles. The second-order valence-electron chi connectivity index (χ2n) is 6.16. The number of carbonyl (C=O) groups is 5. The zero-order chi connectivity index (χ0) is 23.2. The van der Waals surface area contributed by atoms with Gasteiger partial charge in [-0.3, -0.25) is 19.3 Å². The van der Waals surface area contributed by atoms with Gasteiger partial charge in [-0.25, -0.2) is 9.59 Å². The van der Waals surface area contributed by atoms with E-state index < -0.39 is 36.2 Å². The molecule has 31 heavy (non-hydrogen) atoms. The van der Waals surface area contributed by atoms with Crippen molar-refractivity contribution in [2.45, 2.75) is 0 Å². The van der Waals surface area contributed by atoms with Crippen molar-refractivity contribution in [3.05, 3.63) is 54.7 Å². The number of carboxylic acid groups (broad SMARTS) is 2. The van der Waals surface area contributed by atoms with Crippen molar-refractivity contribution in [3.8, 4) is 0 Å². The topological polar surface area (TPSA) is 141 Å². The minimum atomic E-state index is -1.37. The highest BCUT2D eigenvalue weighted by molar-refractivity contribution is 14.1. The van der Waals surface area contributed by atoms with Gasteiger partial charge in [0.15, 0.2) is 0 Å². The van der Waals surface area contributed by atoms with Crippen LogP contribution < -0.4 is 5.32 Å². The molecule has 1 aliphatic heterocycles. The smallest absolute Gasteiger partial charge is 0.335 e. The summed E-state index contributed by atoms with van der Waals surface area (Å²) in [5.74, 6) is -4.71. The molecule has 2 aromatic carbocycles. The third-order valence-electron chi connectivity index (χ3n) is 4.20. The van der Waals surface area contributed by atoms with Gasteiger partial charge in [0.05, 0.1) is 22.3 Å². The number of rotatable bonds is 5. The van der Waals surface area contributed by atoms with Gasteiger partial charge in [-0.2, -0.15) is 0 Å². The molecule has 3 N–H and O–H groups in total. The SMILES string of the molecule is O=C(CN1C(=O)c2c(I)c(I)c(I)c(I)c2C1=O)Nc1cc(C(=O)O)cc(C(=O)O)c1. The van der Waals surface area contributed by atoms with Crippen LogP contribution in [0, 0.1) is 14.3 Å². The molecule has 2 aromatic rings. The quantitative estimate of drug-likeness (QED) is 0.180. The number of carbonyl (C=O) groups excluding carboxylic acids is 3. The van der Waals surface area contributed by atoms with Crippen molar-refractivity contribution in [1.82, 2.24) is 4.90 Å². The largest absolute Gasteiger partial charge is 0.478 e. The van der Waals surface area contributed by atoms with E-state index in [9.17, 15) is 24.0 Å². The monoisotopic (exact) mass is 872 g/mol. The van der Waals surface area contributed by atoms with Gasteiger partial charge in [-0.05, 0) is 109 Å². The lowest BCUT2D eigenvalue weighted by atomic mass is 10.1. The van der Waals surface area contributed by atoms with E-state index in [1.54, 1.807) is 0 Å². The summed E-state index contributed by atoms with van der Waals surface area (Å²) in [6.07, 6.45) is 0. The molecule has 0 aromatic heterocycles. The number of halogens is 4. The number of carboxylic acids is 2. The van der Waals surface area contributed by atoms with Crippen LogP contribution in [0.3, 0.4) is 0 Å². The predicted molar refractivity (Wildman–Crippen MR) is 142 cm³/mol. The molecule has 3 amide bonds. The normalized spacial score (nSPS) is 12.7. The summed E-state index contributed by atoms with van der Waals surface area (Å²) >= 11 is 8.17.